The van der Waals surface area contributed by atoms with Crippen molar-refractivity contribution in [2.75, 3.05) is 7.11 Å². The second-order valence-electron chi connectivity index (χ2n) is 5.94. The molecule has 0 unspecified atom stereocenters. The Morgan fingerprint density at radius 1 is 1.23 bits per heavy atom. The smallest absolute Gasteiger partial charge is 0.194 e. The number of rotatable bonds is 1. The first-order valence-electron chi connectivity index (χ1n) is 6.89. The molecule has 0 saturated heterocycles. The number of aliphatic hydroxyl groups excluding tert-OH is 1. The highest BCUT2D eigenvalue weighted by Crippen LogP contribution is 2.42. The van der Waals surface area contributed by atoms with E-state index in [0.29, 0.717) is 0 Å². The topological polar surface area (TPSA) is 104 Å². The standard InChI is InChI=1S/C16H16O6/c1-16(21)6-10-8(5-12(16)18)15(20)13-9(14(10)19)3-7(22-2)4-11(13)17/h3-4,12,17-18,21H,5-6H2,1-2H3/t12-,16+/m0/s1. The van der Waals surface area contributed by atoms with Gasteiger partial charge in [-0.25, -0.2) is 0 Å². The minimum absolute atomic E-state index is 0.0628. The fourth-order valence-corrected chi connectivity index (χ4v) is 3.02. The van der Waals surface area contributed by atoms with Gasteiger partial charge in [0, 0.05) is 35.6 Å². The zero-order valence-electron chi connectivity index (χ0n) is 12.2. The predicted molar refractivity (Wildman–Crippen MR) is 76.2 cm³/mol. The Balaban J connectivity index is 2.19. The maximum Gasteiger partial charge on any atom is 0.194 e. The first kappa shape index (κ1) is 14.7. The van der Waals surface area contributed by atoms with Crippen molar-refractivity contribution in [1.82, 2.24) is 0 Å². The van der Waals surface area contributed by atoms with E-state index in [-0.39, 0.29) is 46.6 Å². The Morgan fingerprint density at radius 3 is 2.55 bits per heavy atom. The van der Waals surface area contributed by atoms with Gasteiger partial charge < -0.3 is 20.1 Å². The first-order valence-corrected chi connectivity index (χ1v) is 6.89. The lowest BCUT2D eigenvalue weighted by Crippen LogP contribution is -2.46. The van der Waals surface area contributed by atoms with Crippen molar-refractivity contribution in [3.63, 3.8) is 0 Å². The van der Waals surface area contributed by atoms with E-state index in [1.54, 1.807) is 0 Å². The number of methoxy groups -OCH3 is 1. The molecule has 22 heavy (non-hydrogen) atoms. The zero-order chi connectivity index (χ0) is 16.2. The molecular weight excluding hydrogens is 288 g/mol. The van der Waals surface area contributed by atoms with Crippen molar-refractivity contribution in [3.05, 3.63) is 34.4 Å². The summed E-state index contributed by atoms with van der Waals surface area (Å²) < 4.78 is 5.01. The van der Waals surface area contributed by atoms with Crippen molar-refractivity contribution in [2.45, 2.75) is 31.5 Å². The summed E-state index contributed by atoms with van der Waals surface area (Å²) in [5.74, 6) is -0.972. The molecule has 1 aromatic rings. The van der Waals surface area contributed by atoms with Crippen LogP contribution < -0.4 is 4.74 Å². The van der Waals surface area contributed by atoms with Crippen LogP contribution in [0.15, 0.2) is 23.3 Å². The SMILES string of the molecule is COc1cc(O)c2c(c1)C(=O)C1=C(C[C@H](O)[C@](C)(O)C1)C2=O. The molecular formula is C16H16O6. The number of benzene rings is 1. The lowest BCUT2D eigenvalue weighted by molar-refractivity contribution is -0.0651. The number of hydrogen-bond donors (Lipinski definition) is 3. The number of hydrogen-bond acceptors (Lipinski definition) is 6. The molecule has 0 aliphatic heterocycles. The molecule has 0 aromatic heterocycles. The van der Waals surface area contributed by atoms with Gasteiger partial charge in [-0.1, -0.05) is 0 Å². The number of carbonyl (C=O) groups is 2. The van der Waals surface area contributed by atoms with Crippen LogP contribution in [0, 0.1) is 0 Å². The summed E-state index contributed by atoms with van der Waals surface area (Å²) in [4.78, 5) is 25.2. The van der Waals surface area contributed by atoms with E-state index in [9.17, 15) is 24.9 Å². The molecule has 3 N–H and O–H groups in total. The summed E-state index contributed by atoms with van der Waals surface area (Å²) in [7, 11) is 1.39. The molecule has 0 amide bonds. The second kappa shape index (κ2) is 4.66. The Kier molecular flexibility index (Phi) is 3.12. The number of ether oxygens (including phenoxy) is 1. The molecule has 2 aliphatic rings. The Hall–Kier alpha value is -2.18. The number of aliphatic hydroxyl groups is 2. The average molecular weight is 304 g/mol. The maximum atomic E-state index is 12.6. The summed E-state index contributed by atoms with van der Waals surface area (Å²) in [6.45, 7) is 1.43. The van der Waals surface area contributed by atoms with Crippen LogP contribution in [-0.2, 0) is 0 Å². The lowest BCUT2D eigenvalue weighted by Gasteiger charge is -2.37. The van der Waals surface area contributed by atoms with Gasteiger partial charge in [0.2, 0.25) is 0 Å². The van der Waals surface area contributed by atoms with Crippen LogP contribution in [0.2, 0.25) is 0 Å². The Morgan fingerprint density at radius 2 is 1.91 bits per heavy atom. The number of ketones is 2. The van der Waals surface area contributed by atoms with Gasteiger partial charge in [0.1, 0.15) is 11.5 Å². The van der Waals surface area contributed by atoms with Crippen LogP contribution in [0.4, 0.5) is 0 Å². The maximum absolute atomic E-state index is 12.6. The number of carbonyl (C=O) groups excluding carboxylic acids is 2. The highest BCUT2D eigenvalue weighted by molar-refractivity contribution is 6.28. The summed E-state index contributed by atoms with van der Waals surface area (Å²) >= 11 is 0. The van der Waals surface area contributed by atoms with Gasteiger partial charge in [-0.3, -0.25) is 9.59 Å². The normalized spacial score (nSPS) is 27.5. The Bertz CT molecular complexity index is 728. The lowest BCUT2D eigenvalue weighted by atomic mass is 9.71. The van der Waals surface area contributed by atoms with E-state index in [1.807, 2.05) is 0 Å². The number of Topliss-reactive ketones (excluding diaryl/α,β-unsaturated/α-hetero) is 2. The quantitative estimate of drug-likeness (QED) is 0.714. The van der Waals surface area contributed by atoms with Gasteiger partial charge >= 0.3 is 0 Å². The highest BCUT2D eigenvalue weighted by Gasteiger charge is 2.45. The molecule has 3 rings (SSSR count). The van der Waals surface area contributed by atoms with Crippen LogP contribution in [0.5, 0.6) is 11.5 Å². The molecule has 0 heterocycles. The van der Waals surface area contributed by atoms with Crippen molar-refractivity contribution < 1.29 is 29.6 Å². The van der Waals surface area contributed by atoms with E-state index in [0.717, 1.165) is 0 Å². The van der Waals surface area contributed by atoms with Gasteiger partial charge in [0.05, 0.1) is 24.4 Å². The van der Waals surface area contributed by atoms with Crippen LogP contribution >= 0.6 is 0 Å². The van der Waals surface area contributed by atoms with Gasteiger partial charge in [0.25, 0.3) is 0 Å². The van der Waals surface area contributed by atoms with Crippen LogP contribution in [0.1, 0.15) is 40.5 Å². The summed E-state index contributed by atoms with van der Waals surface area (Å²) in [5.41, 5.74) is -1.11. The second-order valence-corrected chi connectivity index (χ2v) is 5.94. The number of phenols is 1. The van der Waals surface area contributed by atoms with Crippen molar-refractivity contribution in [2.24, 2.45) is 0 Å². The monoisotopic (exact) mass is 304 g/mol. The molecule has 116 valence electrons. The number of aromatic hydroxyl groups is 1. The van der Waals surface area contributed by atoms with E-state index in [1.165, 1.54) is 26.2 Å². The predicted octanol–water partition coefficient (Wildman–Crippen LogP) is 0.982. The van der Waals surface area contributed by atoms with Gasteiger partial charge in [0.15, 0.2) is 11.6 Å². The zero-order valence-corrected chi connectivity index (χ0v) is 12.2. The first-order chi connectivity index (χ1) is 10.3. The number of fused-ring (bicyclic) bond motifs is 1. The molecule has 0 saturated carbocycles. The third-order valence-electron chi connectivity index (χ3n) is 4.36. The van der Waals surface area contributed by atoms with E-state index >= 15 is 0 Å². The molecule has 1 aromatic carbocycles. The van der Waals surface area contributed by atoms with Crippen molar-refractivity contribution >= 4 is 11.6 Å². The molecule has 0 radical (unpaired) electrons. The molecule has 0 fully saturated rings. The van der Waals surface area contributed by atoms with E-state index in [2.05, 4.69) is 0 Å². The average Bonchev–Trinajstić information content (AvgIpc) is 2.46. The van der Waals surface area contributed by atoms with Crippen LogP contribution in [0.3, 0.4) is 0 Å². The highest BCUT2D eigenvalue weighted by atomic mass is 16.5. The molecule has 2 aliphatic carbocycles. The minimum atomic E-state index is -1.47. The number of phenolic OH excluding ortho intramolecular Hbond substituents is 1. The largest absolute Gasteiger partial charge is 0.507 e. The molecule has 6 heteroatoms. The fraction of sp³-hybridized carbons (Fsp3) is 0.375. The van der Waals surface area contributed by atoms with Gasteiger partial charge in [-0.2, -0.15) is 0 Å². The molecule has 2 atom stereocenters. The van der Waals surface area contributed by atoms with E-state index < -0.39 is 23.3 Å². The fourth-order valence-electron chi connectivity index (χ4n) is 3.02. The molecule has 0 spiro atoms. The molecule has 0 bridgehead atoms. The summed E-state index contributed by atoms with van der Waals surface area (Å²) in [5, 5.41) is 30.1. The Labute approximate surface area is 126 Å². The molecule has 6 nitrogen and oxygen atoms in total. The third kappa shape index (κ3) is 1.95. The van der Waals surface area contributed by atoms with Crippen LogP contribution in [-0.4, -0.2) is 45.7 Å². The summed E-state index contributed by atoms with van der Waals surface area (Å²) in [6.07, 6.45) is -1.35. The van der Waals surface area contributed by atoms with Gasteiger partial charge in [-0.15, -0.1) is 0 Å². The summed E-state index contributed by atoms with van der Waals surface area (Å²) in [6, 6.07) is 2.67. The van der Waals surface area contributed by atoms with Crippen LogP contribution in [0.25, 0.3) is 0 Å². The van der Waals surface area contributed by atoms with Crippen molar-refractivity contribution in [1.29, 1.82) is 0 Å². The van der Waals surface area contributed by atoms with Gasteiger partial charge in [-0.05, 0) is 13.0 Å². The van der Waals surface area contributed by atoms with E-state index in [4.69, 9.17) is 4.74 Å². The third-order valence-corrected chi connectivity index (χ3v) is 4.36. The minimum Gasteiger partial charge on any atom is -0.507 e. The van der Waals surface area contributed by atoms with Crippen molar-refractivity contribution in [3.8, 4) is 11.5 Å².